The van der Waals surface area contributed by atoms with Crippen molar-refractivity contribution in [3.8, 4) is 0 Å². The van der Waals surface area contributed by atoms with Gasteiger partial charge in [-0.3, -0.25) is 9.79 Å². The molecule has 0 radical (unpaired) electrons. The van der Waals surface area contributed by atoms with Gasteiger partial charge in [0.25, 0.3) is 0 Å². The highest BCUT2D eigenvalue weighted by atomic mass is 16.5. The highest BCUT2D eigenvalue weighted by Crippen LogP contribution is 2.19. The van der Waals surface area contributed by atoms with Crippen LogP contribution in [0.15, 0.2) is 29.3 Å². The Morgan fingerprint density at radius 1 is 1.35 bits per heavy atom. The smallest absolute Gasteiger partial charge is 0.246 e. The zero-order valence-electron chi connectivity index (χ0n) is 11.5. The molecule has 1 aliphatic heterocycles. The third-order valence-corrected chi connectivity index (χ3v) is 3.21. The van der Waals surface area contributed by atoms with Gasteiger partial charge in [-0.15, -0.1) is 0 Å². The zero-order valence-corrected chi connectivity index (χ0v) is 11.5. The van der Waals surface area contributed by atoms with E-state index < -0.39 is 12.0 Å². The number of anilines is 1. The highest BCUT2D eigenvalue weighted by Gasteiger charge is 2.28. The van der Waals surface area contributed by atoms with Gasteiger partial charge in [0, 0.05) is 5.69 Å². The normalized spacial score (nSPS) is 22.8. The lowest BCUT2D eigenvalue weighted by molar-refractivity contribution is -0.128. The Morgan fingerprint density at radius 3 is 2.65 bits per heavy atom. The molecule has 0 saturated carbocycles. The van der Waals surface area contributed by atoms with Crippen LogP contribution in [0.3, 0.4) is 0 Å². The molecule has 0 aromatic heterocycles. The van der Waals surface area contributed by atoms with Gasteiger partial charge in [0.1, 0.15) is 6.10 Å². The number of hydrogen-bond acceptors (Lipinski definition) is 3. The second-order valence-electron chi connectivity index (χ2n) is 4.94. The van der Waals surface area contributed by atoms with E-state index in [4.69, 9.17) is 16.2 Å². The molecule has 1 amide bonds. The number of rotatable bonds is 4. The molecule has 1 saturated heterocycles. The Balaban J connectivity index is 1.82. The third kappa shape index (κ3) is 3.96. The standard InChI is InChI=1S/C14H20N4O2/c1-9-2-4-10(5-3-9)18-14(16)17-8-11-6-7-12(20-11)13(15)19/h2-5,11-12H,6-8H2,1H3,(H2,15,19)(H3,16,17,18). The first kappa shape index (κ1) is 14.3. The molecule has 1 heterocycles. The molecule has 2 atom stereocenters. The molecule has 6 heteroatoms. The molecular formula is C14H20N4O2. The fourth-order valence-electron chi connectivity index (χ4n) is 2.07. The number of carbonyl (C=O) groups excluding carboxylic acids is 1. The number of guanidine groups is 1. The minimum absolute atomic E-state index is 0.0918. The van der Waals surface area contributed by atoms with Gasteiger partial charge in [-0.2, -0.15) is 0 Å². The van der Waals surface area contributed by atoms with Crippen molar-refractivity contribution >= 4 is 17.6 Å². The summed E-state index contributed by atoms with van der Waals surface area (Å²) in [4.78, 5) is 15.2. The van der Waals surface area contributed by atoms with Gasteiger partial charge in [-0.05, 0) is 31.9 Å². The van der Waals surface area contributed by atoms with Gasteiger partial charge in [0.15, 0.2) is 5.96 Å². The number of benzene rings is 1. The quantitative estimate of drug-likeness (QED) is 0.558. The predicted molar refractivity (Wildman–Crippen MR) is 78.4 cm³/mol. The van der Waals surface area contributed by atoms with Crippen molar-refractivity contribution in [1.82, 2.24) is 0 Å². The van der Waals surface area contributed by atoms with Crippen LogP contribution in [0.1, 0.15) is 18.4 Å². The van der Waals surface area contributed by atoms with Crippen molar-refractivity contribution in [2.24, 2.45) is 16.5 Å². The second kappa shape index (κ2) is 6.38. The Bertz CT molecular complexity index is 498. The summed E-state index contributed by atoms with van der Waals surface area (Å²) in [6.07, 6.45) is 0.850. The molecular weight excluding hydrogens is 256 g/mol. The Morgan fingerprint density at radius 2 is 2.05 bits per heavy atom. The Kier molecular flexibility index (Phi) is 4.57. The number of nitrogens with one attached hydrogen (secondary N) is 1. The van der Waals surface area contributed by atoms with Gasteiger partial charge in [-0.1, -0.05) is 17.7 Å². The molecule has 0 bridgehead atoms. The van der Waals surface area contributed by atoms with Gasteiger partial charge >= 0.3 is 0 Å². The third-order valence-electron chi connectivity index (χ3n) is 3.21. The summed E-state index contributed by atoms with van der Waals surface area (Å²) in [6.45, 7) is 2.45. The Hall–Kier alpha value is -2.08. The summed E-state index contributed by atoms with van der Waals surface area (Å²) in [5.41, 5.74) is 13.1. The highest BCUT2D eigenvalue weighted by molar-refractivity contribution is 5.92. The van der Waals surface area contributed by atoms with Crippen molar-refractivity contribution in [3.05, 3.63) is 29.8 Å². The van der Waals surface area contributed by atoms with Crippen LogP contribution in [0.4, 0.5) is 5.69 Å². The number of carbonyl (C=O) groups is 1. The van der Waals surface area contributed by atoms with E-state index in [-0.39, 0.29) is 6.10 Å². The van der Waals surface area contributed by atoms with Crippen molar-refractivity contribution in [3.63, 3.8) is 0 Å². The lowest BCUT2D eigenvalue weighted by Crippen LogP contribution is -2.29. The molecule has 108 valence electrons. The maximum atomic E-state index is 11.0. The number of nitrogens with zero attached hydrogens (tertiary/aromatic N) is 1. The number of amides is 1. The molecule has 2 unspecified atom stereocenters. The van der Waals surface area contributed by atoms with Crippen LogP contribution in [0.5, 0.6) is 0 Å². The predicted octanol–water partition coefficient (Wildman–Crippen LogP) is 0.755. The lowest BCUT2D eigenvalue weighted by atomic mass is 10.2. The van der Waals surface area contributed by atoms with E-state index in [1.807, 2.05) is 31.2 Å². The van der Waals surface area contributed by atoms with Crippen LogP contribution in [0.25, 0.3) is 0 Å². The van der Waals surface area contributed by atoms with E-state index in [2.05, 4.69) is 10.3 Å². The van der Waals surface area contributed by atoms with E-state index >= 15 is 0 Å². The van der Waals surface area contributed by atoms with E-state index in [9.17, 15) is 4.79 Å². The fourth-order valence-corrected chi connectivity index (χ4v) is 2.07. The summed E-state index contributed by atoms with van der Waals surface area (Å²) >= 11 is 0. The lowest BCUT2D eigenvalue weighted by Gasteiger charge is -2.10. The molecule has 1 aliphatic rings. The number of aliphatic imine (C=N–C) groups is 1. The van der Waals surface area contributed by atoms with Gasteiger partial charge < -0.3 is 21.5 Å². The van der Waals surface area contributed by atoms with Gasteiger partial charge in [-0.25, -0.2) is 0 Å². The number of ether oxygens (including phenoxy) is 1. The van der Waals surface area contributed by atoms with E-state index in [1.54, 1.807) is 0 Å². The Labute approximate surface area is 118 Å². The summed E-state index contributed by atoms with van der Waals surface area (Å²) < 4.78 is 5.47. The molecule has 1 fully saturated rings. The second-order valence-corrected chi connectivity index (χ2v) is 4.94. The first-order valence-corrected chi connectivity index (χ1v) is 6.63. The maximum Gasteiger partial charge on any atom is 0.246 e. The monoisotopic (exact) mass is 276 g/mol. The molecule has 6 nitrogen and oxygen atoms in total. The van der Waals surface area contributed by atoms with Gasteiger partial charge in [0.2, 0.25) is 5.91 Å². The molecule has 2 rings (SSSR count). The first-order chi connectivity index (χ1) is 9.54. The minimum atomic E-state index is -0.485. The molecule has 5 N–H and O–H groups in total. The van der Waals surface area contributed by atoms with E-state index in [0.717, 1.165) is 12.1 Å². The zero-order chi connectivity index (χ0) is 14.5. The van der Waals surface area contributed by atoms with Crippen molar-refractivity contribution in [1.29, 1.82) is 0 Å². The number of primary amides is 1. The average molecular weight is 276 g/mol. The molecule has 0 aliphatic carbocycles. The fraction of sp³-hybridized carbons (Fsp3) is 0.429. The van der Waals surface area contributed by atoms with Crippen LogP contribution in [-0.2, 0) is 9.53 Å². The molecule has 20 heavy (non-hydrogen) atoms. The number of nitrogens with two attached hydrogens (primary N) is 2. The van der Waals surface area contributed by atoms with Crippen LogP contribution in [-0.4, -0.2) is 30.6 Å². The van der Waals surface area contributed by atoms with E-state index in [0.29, 0.717) is 18.9 Å². The summed E-state index contributed by atoms with van der Waals surface area (Å²) in [7, 11) is 0. The average Bonchev–Trinajstić information content (AvgIpc) is 2.88. The number of hydrogen-bond donors (Lipinski definition) is 3. The van der Waals surface area contributed by atoms with Crippen molar-refractivity contribution in [2.45, 2.75) is 32.0 Å². The molecule has 0 spiro atoms. The number of aryl methyl sites for hydroxylation is 1. The molecule has 1 aromatic rings. The minimum Gasteiger partial charge on any atom is -0.370 e. The maximum absolute atomic E-state index is 11.0. The SMILES string of the molecule is Cc1ccc(NC(N)=NCC2CCC(C(N)=O)O2)cc1. The summed E-state index contributed by atoms with van der Waals surface area (Å²) in [5, 5.41) is 3.01. The topological polar surface area (TPSA) is 103 Å². The largest absolute Gasteiger partial charge is 0.370 e. The van der Waals surface area contributed by atoms with Gasteiger partial charge in [0.05, 0.1) is 12.6 Å². The van der Waals surface area contributed by atoms with Crippen LogP contribution in [0, 0.1) is 6.92 Å². The van der Waals surface area contributed by atoms with Crippen LogP contribution >= 0.6 is 0 Å². The first-order valence-electron chi connectivity index (χ1n) is 6.63. The molecule has 1 aromatic carbocycles. The summed E-state index contributed by atoms with van der Waals surface area (Å²) in [6, 6.07) is 7.86. The summed E-state index contributed by atoms with van der Waals surface area (Å²) in [5.74, 6) is -0.0813. The van der Waals surface area contributed by atoms with E-state index in [1.165, 1.54) is 5.56 Å². The van der Waals surface area contributed by atoms with Crippen LogP contribution < -0.4 is 16.8 Å². The van der Waals surface area contributed by atoms with Crippen LogP contribution in [0.2, 0.25) is 0 Å². The van der Waals surface area contributed by atoms with Crippen molar-refractivity contribution < 1.29 is 9.53 Å². The van der Waals surface area contributed by atoms with Crippen molar-refractivity contribution in [2.75, 3.05) is 11.9 Å².